The molecule has 0 saturated heterocycles. The first kappa shape index (κ1) is 19.4. The van der Waals surface area contributed by atoms with E-state index in [1.165, 1.54) is 6.07 Å². The average molecular weight is 399 g/mol. The van der Waals surface area contributed by atoms with Gasteiger partial charge in [0.25, 0.3) is 5.56 Å². The summed E-state index contributed by atoms with van der Waals surface area (Å²) in [6.07, 6.45) is 1.59. The van der Waals surface area contributed by atoms with Gasteiger partial charge in [0.15, 0.2) is 11.5 Å². The van der Waals surface area contributed by atoms with Crippen LogP contribution in [0.3, 0.4) is 0 Å². The van der Waals surface area contributed by atoms with Gasteiger partial charge in [-0.1, -0.05) is 23.7 Å². The third kappa shape index (κ3) is 5.34. The van der Waals surface area contributed by atoms with E-state index in [1.54, 1.807) is 26.3 Å². The minimum Gasteiger partial charge on any atom is -0.493 e. The lowest BCUT2D eigenvalue weighted by Crippen LogP contribution is -2.10. The van der Waals surface area contributed by atoms with Gasteiger partial charge in [-0.25, -0.2) is 10.4 Å². The molecule has 0 saturated carbocycles. The van der Waals surface area contributed by atoms with Crippen LogP contribution in [0.2, 0.25) is 5.02 Å². The Labute approximate surface area is 167 Å². The number of benzene rings is 2. The normalized spacial score (nSPS) is 10.8. The Balaban J connectivity index is 1.70. The molecule has 0 amide bonds. The Bertz CT molecular complexity index is 1030. The van der Waals surface area contributed by atoms with Crippen molar-refractivity contribution < 1.29 is 9.47 Å². The summed E-state index contributed by atoms with van der Waals surface area (Å²) in [5.74, 6) is 1.47. The summed E-state index contributed by atoms with van der Waals surface area (Å²) in [7, 11) is 1.58. The molecule has 0 aliphatic rings. The van der Waals surface area contributed by atoms with Gasteiger partial charge in [0.05, 0.1) is 13.3 Å². The maximum Gasteiger partial charge on any atom is 0.252 e. The minimum absolute atomic E-state index is 0.243. The van der Waals surface area contributed by atoms with Crippen molar-refractivity contribution in [3.8, 4) is 11.5 Å². The molecule has 144 valence electrons. The molecule has 0 spiro atoms. The molecule has 2 N–H and O–H groups in total. The summed E-state index contributed by atoms with van der Waals surface area (Å²) in [6, 6.07) is 14.3. The Morgan fingerprint density at radius 1 is 1.18 bits per heavy atom. The van der Waals surface area contributed by atoms with Crippen molar-refractivity contribution in [1.82, 2.24) is 9.97 Å². The maximum atomic E-state index is 11.4. The predicted molar refractivity (Wildman–Crippen MR) is 110 cm³/mol. The fourth-order valence-corrected chi connectivity index (χ4v) is 2.55. The molecule has 8 heteroatoms. The molecular formula is C20H19ClN4O3. The molecular weight excluding hydrogens is 380 g/mol. The van der Waals surface area contributed by atoms with Crippen LogP contribution < -0.4 is 20.5 Å². The summed E-state index contributed by atoms with van der Waals surface area (Å²) < 4.78 is 11.2. The molecule has 28 heavy (non-hydrogen) atoms. The zero-order chi connectivity index (χ0) is 19.9. The van der Waals surface area contributed by atoms with Crippen molar-refractivity contribution in [2.24, 2.45) is 5.10 Å². The van der Waals surface area contributed by atoms with Crippen LogP contribution in [0.4, 0.5) is 5.95 Å². The average Bonchev–Trinajstić information content (AvgIpc) is 2.67. The number of methoxy groups -OCH3 is 1. The molecule has 3 aromatic rings. The lowest BCUT2D eigenvalue weighted by molar-refractivity contribution is 0.284. The zero-order valence-electron chi connectivity index (χ0n) is 15.4. The van der Waals surface area contributed by atoms with Gasteiger partial charge in [0, 0.05) is 16.8 Å². The molecule has 2 aromatic carbocycles. The molecule has 0 aliphatic carbocycles. The lowest BCUT2D eigenvalue weighted by Gasteiger charge is -2.11. The maximum absolute atomic E-state index is 11.4. The number of rotatable bonds is 7. The van der Waals surface area contributed by atoms with Crippen LogP contribution in [0, 0.1) is 6.92 Å². The fraction of sp³-hybridized carbons (Fsp3) is 0.150. The van der Waals surface area contributed by atoms with E-state index in [0.29, 0.717) is 28.8 Å². The molecule has 7 nitrogen and oxygen atoms in total. The second-order valence-corrected chi connectivity index (χ2v) is 6.37. The van der Waals surface area contributed by atoms with Crippen LogP contribution in [0.1, 0.15) is 16.8 Å². The molecule has 0 radical (unpaired) electrons. The summed E-state index contributed by atoms with van der Waals surface area (Å²) in [6.45, 7) is 2.11. The molecule has 0 unspecified atom stereocenters. The third-order valence-electron chi connectivity index (χ3n) is 3.75. The van der Waals surface area contributed by atoms with Gasteiger partial charge in [0.1, 0.15) is 6.61 Å². The van der Waals surface area contributed by atoms with E-state index in [9.17, 15) is 4.79 Å². The Morgan fingerprint density at radius 3 is 2.68 bits per heavy atom. The molecule has 0 aliphatic heterocycles. The molecule has 1 aromatic heterocycles. The highest BCUT2D eigenvalue weighted by Gasteiger charge is 2.06. The molecule has 0 fully saturated rings. The second kappa shape index (κ2) is 9.05. The number of H-pyrrole nitrogens is 1. The van der Waals surface area contributed by atoms with Crippen molar-refractivity contribution in [1.29, 1.82) is 0 Å². The third-order valence-corrected chi connectivity index (χ3v) is 4.00. The number of nitrogens with one attached hydrogen (secondary N) is 2. The molecule has 1 heterocycles. The van der Waals surface area contributed by atoms with Crippen molar-refractivity contribution in [3.63, 3.8) is 0 Å². The van der Waals surface area contributed by atoms with Gasteiger partial charge < -0.3 is 9.47 Å². The summed E-state index contributed by atoms with van der Waals surface area (Å²) >= 11 is 5.90. The number of aromatic nitrogens is 2. The number of ether oxygens (including phenoxy) is 2. The SMILES string of the molecule is COc1ccc(/C=N/Nc2nc(C)cc(=O)[nH]2)cc1OCc1ccc(Cl)cc1. The highest BCUT2D eigenvalue weighted by atomic mass is 35.5. The summed E-state index contributed by atoms with van der Waals surface area (Å²) in [5, 5.41) is 4.78. The lowest BCUT2D eigenvalue weighted by atomic mass is 10.2. The van der Waals surface area contributed by atoms with Crippen molar-refractivity contribution in [2.75, 3.05) is 12.5 Å². The molecule has 3 rings (SSSR count). The number of hydrogen-bond donors (Lipinski definition) is 2. The number of aryl methyl sites for hydroxylation is 1. The monoisotopic (exact) mass is 398 g/mol. The highest BCUT2D eigenvalue weighted by Crippen LogP contribution is 2.28. The smallest absolute Gasteiger partial charge is 0.252 e. The van der Waals surface area contributed by atoms with Crippen molar-refractivity contribution in [2.45, 2.75) is 13.5 Å². The van der Waals surface area contributed by atoms with E-state index in [4.69, 9.17) is 21.1 Å². The number of aromatic amines is 1. The van der Waals surface area contributed by atoms with Gasteiger partial charge in [-0.2, -0.15) is 5.10 Å². The number of hydrogen-bond acceptors (Lipinski definition) is 6. The van der Waals surface area contributed by atoms with Crippen molar-refractivity contribution >= 4 is 23.8 Å². The Morgan fingerprint density at radius 2 is 1.96 bits per heavy atom. The van der Waals surface area contributed by atoms with Crippen LogP contribution in [-0.4, -0.2) is 23.3 Å². The van der Waals surface area contributed by atoms with E-state index >= 15 is 0 Å². The Hall–Kier alpha value is -3.32. The van der Waals surface area contributed by atoms with E-state index in [1.807, 2.05) is 36.4 Å². The zero-order valence-corrected chi connectivity index (χ0v) is 16.2. The van der Waals surface area contributed by atoms with Gasteiger partial charge in [-0.05, 0) is 48.4 Å². The Kier molecular flexibility index (Phi) is 6.29. The fourth-order valence-electron chi connectivity index (χ4n) is 2.43. The van der Waals surface area contributed by atoms with Crippen LogP contribution in [0.5, 0.6) is 11.5 Å². The predicted octanol–water partition coefficient (Wildman–Crippen LogP) is 3.77. The van der Waals surface area contributed by atoms with E-state index in [-0.39, 0.29) is 11.5 Å². The van der Waals surface area contributed by atoms with Crippen LogP contribution in [0.25, 0.3) is 0 Å². The topological polar surface area (TPSA) is 88.6 Å². The first-order valence-corrected chi connectivity index (χ1v) is 8.83. The van der Waals surface area contributed by atoms with Gasteiger partial charge in [-0.15, -0.1) is 0 Å². The molecule has 0 atom stereocenters. The highest BCUT2D eigenvalue weighted by molar-refractivity contribution is 6.30. The number of halogens is 1. The van der Waals surface area contributed by atoms with Crippen molar-refractivity contribution in [3.05, 3.63) is 80.7 Å². The minimum atomic E-state index is -0.243. The number of nitrogens with zero attached hydrogens (tertiary/aromatic N) is 2. The van der Waals surface area contributed by atoms with Gasteiger partial charge in [0.2, 0.25) is 5.95 Å². The quantitative estimate of drug-likeness (QED) is 0.467. The standard InChI is InChI=1S/C20H19ClN4O3/c1-13-9-19(26)24-20(23-13)25-22-11-15-5-8-17(27-2)18(10-15)28-12-14-3-6-16(21)7-4-14/h3-11H,12H2,1-2H3,(H2,23,24,25,26)/b22-11+. The first-order chi connectivity index (χ1) is 13.5. The van der Waals surface area contributed by atoms with E-state index in [2.05, 4.69) is 20.5 Å². The molecule has 0 bridgehead atoms. The number of hydrazone groups is 1. The largest absolute Gasteiger partial charge is 0.493 e. The summed E-state index contributed by atoms with van der Waals surface area (Å²) in [4.78, 5) is 18.1. The van der Waals surface area contributed by atoms with Gasteiger partial charge in [-0.3, -0.25) is 9.78 Å². The first-order valence-electron chi connectivity index (χ1n) is 8.46. The second-order valence-electron chi connectivity index (χ2n) is 5.93. The van der Waals surface area contributed by atoms with E-state index in [0.717, 1.165) is 11.1 Å². The van der Waals surface area contributed by atoms with Crippen LogP contribution in [-0.2, 0) is 6.61 Å². The van der Waals surface area contributed by atoms with Crippen LogP contribution in [0.15, 0.2) is 58.4 Å². The number of anilines is 1. The summed E-state index contributed by atoms with van der Waals surface area (Å²) in [5.41, 5.74) is 4.84. The van der Waals surface area contributed by atoms with Crippen LogP contribution >= 0.6 is 11.6 Å². The van der Waals surface area contributed by atoms with E-state index < -0.39 is 0 Å². The van der Waals surface area contributed by atoms with Gasteiger partial charge >= 0.3 is 0 Å².